The highest BCUT2D eigenvalue weighted by molar-refractivity contribution is 9.10. The molecule has 0 aromatic carbocycles. The third kappa shape index (κ3) is 4.05. The molecule has 4 heteroatoms. The lowest BCUT2D eigenvalue weighted by Crippen LogP contribution is -2.15. The van der Waals surface area contributed by atoms with Gasteiger partial charge in [-0.2, -0.15) is 0 Å². The second kappa shape index (κ2) is 5.29. The monoisotopic (exact) mass is 258 g/mol. The molecule has 0 amide bonds. The lowest BCUT2D eigenvalue weighted by molar-refractivity contribution is 0.185. The Hall–Kier alpha value is -0.640. The van der Waals surface area contributed by atoms with Crippen LogP contribution < -0.4 is 4.74 Å². The summed E-state index contributed by atoms with van der Waals surface area (Å²) in [7, 11) is 0. The van der Waals surface area contributed by atoms with E-state index in [9.17, 15) is 0 Å². The Balaban J connectivity index is 2.51. The van der Waals surface area contributed by atoms with E-state index in [1.807, 2.05) is 0 Å². The summed E-state index contributed by atoms with van der Waals surface area (Å²) in [5.41, 5.74) is 0. The molecule has 1 atom stereocenters. The summed E-state index contributed by atoms with van der Waals surface area (Å²) in [6.07, 6.45) is 2.71. The SMILES string of the molecule is CC(C)CC(C)Oc1cc(Br)ncn1. The number of hydrogen-bond donors (Lipinski definition) is 0. The number of hydrogen-bond acceptors (Lipinski definition) is 3. The molecule has 0 bridgehead atoms. The molecule has 3 nitrogen and oxygen atoms in total. The van der Waals surface area contributed by atoms with E-state index >= 15 is 0 Å². The second-order valence-corrected chi connectivity index (χ2v) is 4.55. The van der Waals surface area contributed by atoms with Gasteiger partial charge < -0.3 is 4.74 Å². The zero-order chi connectivity index (χ0) is 10.6. The van der Waals surface area contributed by atoms with Crippen LogP contribution in [-0.2, 0) is 0 Å². The Kier molecular flexibility index (Phi) is 4.32. The summed E-state index contributed by atoms with van der Waals surface area (Å²) in [6, 6.07) is 1.77. The van der Waals surface area contributed by atoms with Gasteiger partial charge in [0.1, 0.15) is 10.9 Å². The highest BCUT2D eigenvalue weighted by Crippen LogP contribution is 2.15. The van der Waals surface area contributed by atoms with Crippen molar-refractivity contribution in [1.82, 2.24) is 9.97 Å². The maximum atomic E-state index is 5.62. The normalized spacial score (nSPS) is 12.9. The summed E-state index contributed by atoms with van der Waals surface area (Å²) < 4.78 is 6.37. The molecule has 1 aromatic rings. The van der Waals surface area contributed by atoms with E-state index in [2.05, 4.69) is 46.7 Å². The molecule has 0 aliphatic rings. The fraction of sp³-hybridized carbons (Fsp3) is 0.600. The fourth-order valence-corrected chi connectivity index (χ4v) is 1.59. The van der Waals surface area contributed by atoms with Crippen LogP contribution >= 0.6 is 15.9 Å². The standard InChI is InChI=1S/C10H15BrN2O/c1-7(2)4-8(3)14-10-5-9(11)12-6-13-10/h5-8H,4H2,1-3H3. The van der Waals surface area contributed by atoms with E-state index in [1.54, 1.807) is 6.07 Å². The van der Waals surface area contributed by atoms with Gasteiger partial charge in [0, 0.05) is 6.07 Å². The first-order chi connectivity index (χ1) is 6.58. The number of ether oxygens (including phenoxy) is 1. The molecule has 0 saturated carbocycles. The zero-order valence-electron chi connectivity index (χ0n) is 8.70. The van der Waals surface area contributed by atoms with E-state index in [0.717, 1.165) is 11.0 Å². The van der Waals surface area contributed by atoms with Crippen LogP contribution in [0.2, 0.25) is 0 Å². The maximum Gasteiger partial charge on any atom is 0.217 e. The van der Waals surface area contributed by atoms with Gasteiger partial charge in [-0.25, -0.2) is 9.97 Å². The van der Waals surface area contributed by atoms with Gasteiger partial charge in [-0.3, -0.25) is 0 Å². The molecule has 0 N–H and O–H groups in total. The Bertz CT molecular complexity index is 291. The van der Waals surface area contributed by atoms with Crippen LogP contribution in [0.5, 0.6) is 5.88 Å². The van der Waals surface area contributed by atoms with Crippen molar-refractivity contribution in [3.63, 3.8) is 0 Å². The van der Waals surface area contributed by atoms with Crippen LogP contribution in [-0.4, -0.2) is 16.1 Å². The zero-order valence-corrected chi connectivity index (χ0v) is 10.3. The number of halogens is 1. The van der Waals surface area contributed by atoms with E-state index in [1.165, 1.54) is 6.33 Å². The first-order valence-electron chi connectivity index (χ1n) is 4.72. The predicted molar refractivity (Wildman–Crippen MR) is 59.3 cm³/mol. The van der Waals surface area contributed by atoms with Crippen molar-refractivity contribution in [2.45, 2.75) is 33.3 Å². The minimum absolute atomic E-state index is 0.191. The minimum atomic E-state index is 0.191. The molecule has 0 aliphatic carbocycles. The van der Waals surface area contributed by atoms with Crippen LogP contribution in [0.1, 0.15) is 27.2 Å². The Labute approximate surface area is 93.0 Å². The average Bonchev–Trinajstić information content (AvgIpc) is 2.01. The molecule has 78 valence electrons. The van der Waals surface area contributed by atoms with Crippen molar-refractivity contribution in [2.24, 2.45) is 5.92 Å². The highest BCUT2D eigenvalue weighted by atomic mass is 79.9. The summed E-state index contributed by atoms with van der Waals surface area (Å²) in [5, 5.41) is 0. The molecule has 1 heterocycles. The topological polar surface area (TPSA) is 35.0 Å². The molecule has 1 unspecified atom stereocenters. The molecular weight excluding hydrogens is 244 g/mol. The lowest BCUT2D eigenvalue weighted by atomic mass is 10.1. The summed E-state index contributed by atoms with van der Waals surface area (Å²) in [5.74, 6) is 1.26. The van der Waals surface area contributed by atoms with Crippen molar-refractivity contribution in [1.29, 1.82) is 0 Å². The van der Waals surface area contributed by atoms with Crippen molar-refractivity contribution in [3.8, 4) is 5.88 Å². The van der Waals surface area contributed by atoms with Crippen molar-refractivity contribution in [2.75, 3.05) is 0 Å². The number of nitrogens with zero attached hydrogens (tertiary/aromatic N) is 2. The molecule has 14 heavy (non-hydrogen) atoms. The van der Waals surface area contributed by atoms with E-state index in [-0.39, 0.29) is 6.10 Å². The van der Waals surface area contributed by atoms with Gasteiger partial charge in [0.2, 0.25) is 5.88 Å². The van der Waals surface area contributed by atoms with Crippen molar-refractivity contribution < 1.29 is 4.74 Å². The first kappa shape index (κ1) is 11.4. The van der Waals surface area contributed by atoms with Crippen LogP contribution in [0.15, 0.2) is 17.0 Å². The molecular formula is C10H15BrN2O. The summed E-state index contributed by atoms with van der Waals surface area (Å²) in [6.45, 7) is 6.40. The van der Waals surface area contributed by atoms with Gasteiger partial charge in [0.15, 0.2) is 0 Å². The number of rotatable bonds is 4. The van der Waals surface area contributed by atoms with Crippen LogP contribution in [0.25, 0.3) is 0 Å². The van der Waals surface area contributed by atoms with E-state index in [4.69, 9.17) is 4.74 Å². The lowest BCUT2D eigenvalue weighted by Gasteiger charge is -2.15. The van der Waals surface area contributed by atoms with Crippen molar-refractivity contribution >= 4 is 15.9 Å². The Morgan fingerprint density at radius 2 is 2.07 bits per heavy atom. The highest BCUT2D eigenvalue weighted by Gasteiger charge is 2.07. The first-order valence-corrected chi connectivity index (χ1v) is 5.51. The maximum absolute atomic E-state index is 5.62. The Morgan fingerprint density at radius 1 is 1.36 bits per heavy atom. The number of aromatic nitrogens is 2. The molecule has 1 aromatic heterocycles. The van der Waals surface area contributed by atoms with Crippen LogP contribution in [0.4, 0.5) is 0 Å². The summed E-state index contributed by atoms with van der Waals surface area (Å²) >= 11 is 3.27. The van der Waals surface area contributed by atoms with Gasteiger partial charge in [-0.05, 0) is 35.2 Å². The fourth-order valence-electron chi connectivity index (χ4n) is 1.30. The quantitative estimate of drug-likeness (QED) is 0.779. The second-order valence-electron chi connectivity index (χ2n) is 3.74. The minimum Gasteiger partial charge on any atom is -0.475 e. The van der Waals surface area contributed by atoms with Gasteiger partial charge in [-0.15, -0.1) is 0 Å². The third-order valence-electron chi connectivity index (χ3n) is 1.73. The average molecular weight is 259 g/mol. The smallest absolute Gasteiger partial charge is 0.217 e. The van der Waals surface area contributed by atoms with Crippen LogP contribution in [0.3, 0.4) is 0 Å². The van der Waals surface area contributed by atoms with Gasteiger partial charge in [-0.1, -0.05) is 13.8 Å². The summed E-state index contributed by atoms with van der Waals surface area (Å²) in [4.78, 5) is 7.96. The van der Waals surface area contributed by atoms with Crippen molar-refractivity contribution in [3.05, 3.63) is 17.0 Å². The van der Waals surface area contributed by atoms with E-state index in [0.29, 0.717) is 11.8 Å². The largest absolute Gasteiger partial charge is 0.475 e. The molecule has 0 aliphatic heterocycles. The molecule has 0 radical (unpaired) electrons. The molecule has 1 rings (SSSR count). The van der Waals surface area contributed by atoms with Gasteiger partial charge in [0.25, 0.3) is 0 Å². The third-order valence-corrected chi connectivity index (χ3v) is 2.17. The molecule has 0 fully saturated rings. The molecule has 0 spiro atoms. The van der Waals surface area contributed by atoms with Gasteiger partial charge in [0.05, 0.1) is 6.10 Å². The van der Waals surface area contributed by atoms with Crippen LogP contribution in [0, 0.1) is 5.92 Å². The Morgan fingerprint density at radius 3 is 2.64 bits per heavy atom. The molecule has 0 saturated heterocycles. The van der Waals surface area contributed by atoms with E-state index < -0.39 is 0 Å². The van der Waals surface area contributed by atoms with Gasteiger partial charge >= 0.3 is 0 Å². The predicted octanol–water partition coefficient (Wildman–Crippen LogP) is 3.05.